The zero-order valence-corrected chi connectivity index (χ0v) is 8.84. The van der Waals surface area contributed by atoms with Crippen molar-refractivity contribution in [3.05, 3.63) is 0 Å². The molecule has 16 heavy (non-hydrogen) atoms. The highest BCUT2D eigenvalue weighted by Crippen LogP contribution is 2.17. The van der Waals surface area contributed by atoms with Crippen molar-refractivity contribution in [1.82, 2.24) is 10.2 Å². The smallest absolute Gasteiger partial charge is 0.326 e. The highest BCUT2D eigenvalue weighted by atomic mass is 16.4. The number of aliphatic hydroxyl groups is 1. The van der Waals surface area contributed by atoms with Gasteiger partial charge >= 0.3 is 5.97 Å². The Morgan fingerprint density at radius 1 is 1.44 bits per heavy atom. The van der Waals surface area contributed by atoms with Gasteiger partial charge in [0.15, 0.2) is 0 Å². The minimum absolute atomic E-state index is 0.00458. The summed E-state index contributed by atoms with van der Waals surface area (Å²) in [6.45, 7) is 1.02. The number of nitrogens with one attached hydrogen (secondary N) is 1. The van der Waals surface area contributed by atoms with Crippen molar-refractivity contribution in [3.8, 4) is 0 Å². The largest absolute Gasteiger partial charge is 0.480 e. The van der Waals surface area contributed by atoms with Gasteiger partial charge in [-0.2, -0.15) is 0 Å². The van der Waals surface area contributed by atoms with Crippen LogP contribution in [0.5, 0.6) is 0 Å². The number of carboxylic acids is 1. The van der Waals surface area contributed by atoms with Crippen LogP contribution < -0.4 is 5.32 Å². The quantitative estimate of drug-likeness (QED) is 0.528. The molecule has 90 valence electrons. The van der Waals surface area contributed by atoms with E-state index in [0.29, 0.717) is 0 Å². The molecular formula is C9H14N2O5. The van der Waals surface area contributed by atoms with E-state index >= 15 is 0 Å². The van der Waals surface area contributed by atoms with E-state index < -0.39 is 24.0 Å². The van der Waals surface area contributed by atoms with Gasteiger partial charge in [-0.1, -0.05) is 0 Å². The molecule has 0 radical (unpaired) electrons. The SMILES string of the molecule is CC(=O)NCC(=O)N1C[C@H](O)C[C@H]1C(=O)O. The number of hydrogen-bond donors (Lipinski definition) is 3. The molecule has 3 N–H and O–H groups in total. The number of carboxylic acid groups (broad SMARTS) is 1. The number of hydrogen-bond acceptors (Lipinski definition) is 4. The molecule has 1 aliphatic heterocycles. The fourth-order valence-electron chi connectivity index (χ4n) is 1.63. The van der Waals surface area contributed by atoms with E-state index in [1.165, 1.54) is 6.92 Å². The summed E-state index contributed by atoms with van der Waals surface area (Å²) in [7, 11) is 0. The van der Waals surface area contributed by atoms with Crippen LogP contribution in [0.4, 0.5) is 0 Å². The molecule has 0 bridgehead atoms. The highest BCUT2D eigenvalue weighted by Gasteiger charge is 2.38. The van der Waals surface area contributed by atoms with Crippen molar-refractivity contribution in [2.24, 2.45) is 0 Å². The number of β-amino-alcohol motifs (C(OH)–C–C–N with tert-alkyl or cyclic N) is 1. The van der Waals surface area contributed by atoms with Crippen LogP contribution in [0, 0.1) is 0 Å². The summed E-state index contributed by atoms with van der Waals surface area (Å²) >= 11 is 0. The Labute approximate surface area is 92.0 Å². The van der Waals surface area contributed by atoms with Crippen molar-refractivity contribution in [3.63, 3.8) is 0 Å². The highest BCUT2D eigenvalue weighted by molar-refractivity contribution is 5.88. The van der Waals surface area contributed by atoms with Crippen LogP contribution in [0.25, 0.3) is 0 Å². The number of aliphatic carboxylic acids is 1. The summed E-state index contributed by atoms with van der Waals surface area (Å²) in [4.78, 5) is 34.0. The minimum atomic E-state index is -1.15. The first kappa shape index (κ1) is 12.4. The molecule has 0 aliphatic carbocycles. The zero-order chi connectivity index (χ0) is 12.3. The van der Waals surface area contributed by atoms with Gasteiger partial charge in [-0.3, -0.25) is 9.59 Å². The molecule has 0 saturated carbocycles. The molecule has 1 saturated heterocycles. The lowest BCUT2D eigenvalue weighted by Gasteiger charge is -2.20. The maximum absolute atomic E-state index is 11.5. The Balaban J connectivity index is 2.59. The first-order valence-corrected chi connectivity index (χ1v) is 4.86. The lowest BCUT2D eigenvalue weighted by molar-refractivity contribution is -0.148. The lowest BCUT2D eigenvalue weighted by atomic mass is 10.2. The normalized spacial score (nSPS) is 24.2. The molecule has 0 aromatic rings. The molecule has 1 aliphatic rings. The summed E-state index contributed by atoms with van der Waals surface area (Å²) in [5, 5.41) is 20.4. The van der Waals surface area contributed by atoms with Crippen molar-refractivity contribution >= 4 is 17.8 Å². The van der Waals surface area contributed by atoms with Crippen LogP contribution in [-0.2, 0) is 14.4 Å². The van der Waals surface area contributed by atoms with Gasteiger partial charge in [0.1, 0.15) is 6.04 Å². The molecule has 0 unspecified atom stereocenters. The van der Waals surface area contributed by atoms with Crippen molar-refractivity contribution in [1.29, 1.82) is 0 Å². The van der Waals surface area contributed by atoms with Gasteiger partial charge < -0.3 is 20.4 Å². The van der Waals surface area contributed by atoms with E-state index in [2.05, 4.69) is 5.32 Å². The minimum Gasteiger partial charge on any atom is -0.480 e. The van der Waals surface area contributed by atoms with E-state index in [1.54, 1.807) is 0 Å². The summed E-state index contributed by atoms with van der Waals surface area (Å²) in [6.07, 6.45) is -0.788. The van der Waals surface area contributed by atoms with Crippen LogP contribution in [0.2, 0.25) is 0 Å². The molecule has 1 fully saturated rings. The second-order valence-corrected chi connectivity index (χ2v) is 3.70. The number of likely N-dealkylation sites (tertiary alicyclic amines) is 1. The van der Waals surface area contributed by atoms with Gasteiger partial charge in [0.25, 0.3) is 0 Å². The molecule has 0 aromatic carbocycles. The Morgan fingerprint density at radius 2 is 2.06 bits per heavy atom. The third kappa shape index (κ3) is 2.93. The first-order chi connectivity index (χ1) is 7.41. The van der Waals surface area contributed by atoms with E-state index in [9.17, 15) is 19.5 Å². The monoisotopic (exact) mass is 230 g/mol. The summed E-state index contributed by atoms with van der Waals surface area (Å²) in [5.41, 5.74) is 0. The standard InChI is InChI=1S/C9H14N2O5/c1-5(12)10-3-8(14)11-4-6(13)2-7(11)9(15)16/h6-7,13H,2-4H2,1H3,(H,10,12)(H,15,16)/t6-,7+/m1/s1. The van der Waals surface area contributed by atoms with Gasteiger partial charge in [-0.25, -0.2) is 4.79 Å². The molecule has 0 spiro atoms. The first-order valence-electron chi connectivity index (χ1n) is 4.86. The van der Waals surface area contributed by atoms with Crippen LogP contribution in [-0.4, -0.2) is 58.1 Å². The summed E-state index contributed by atoms with van der Waals surface area (Å²) in [6, 6.07) is -1.00. The molecule has 7 nitrogen and oxygen atoms in total. The van der Waals surface area contributed by atoms with Crippen LogP contribution in [0.15, 0.2) is 0 Å². The van der Waals surface area contributed by atoms with Crippen molar-refractivity contribution in [2.75, 3.05) is 13.1 Å². The maximum atomic E-state index is 11.5. The molecule has 2 amide bonds. The van der Waals surface area contributed by atoms with Crippen LogP contribution in [0.1, 0.15) is 13.3 Å². The predicted molar refractivity (Wildman–Crippen MR) is 52.4 cm³/mol. The fraction of sp³-hybridized carbons (Fsp3) is 0.667. The van der Waals surface area contributed by atoms with Gasteiger partial charge in [0.2, 0.25) is 11.8 Å². The van der Waals surface area contributed by atoms with Crippen LogP contribution in [0.3, 0.4) is 0 Å². The van der Waals surface area contributed by atoms with Crippen molar-refractivity contribution < 1.29 is 24.6 Å². The van der Waals surface area contributed by atoms with E-state index in [4.69, 9.17) is 5.11 Å². The number of amides is 2. The van der Waals surface area contributed by atoms with Gasteiger partial charge in [-0.05, 0) is 0 Å². The Morgan fingerprint density at radius 3 is 2.56 bits per heavy atom. The second-order valence-electron chi connectivity index (χ2n) is 3.70. The number of rotatable bonds is 3. The van der Waals surface area contributed by atoms with Crippen LogP contribution >= 0.6 is 0 Å². The van der Waals surface area contributed by atoms with E-state index in [1.807, 2.05) is 0 Å². The number of carbonyl (C=O) groups excluding carboxylic acids is 2. The topological polar surface area (TPSA) is 107 Å². The zero-order valence-electron chi connectivity index (χ0n) is 8.84. The second kappa shape index (κ2) is 4.93. The van der Waals surface area contributed by atoms with Gasteiger partial charge in [-0.15, -0.1) is 0 Å². The van der Waals surface area contributed by atoms with E-state index in [-0.39, 0.29) is 25.4 Å². The van der Waals surface area contributed by atoms with Gasteiger partial charge in [0.05, 0.1) is 12.6 Å². The molecule has 1 rings (SSSR count). The third-order valence-corrected chi connectivity index (χ3v) is 2.37. The molecule has 2 atom stereocenters. The molecule has 1 heterocycles. The predicted octanol–water partition coefficient (Wildman–Crippen LogP) is -1.83. The number of carbonyl (C=O) groups is 3. The molecule has 0 aromatic heterocycles. The Hall–Kier alpha value is -1.63. The summed E-state index contributed by atoms with van der Waals surface area (Å²) < 4.78 is 0. The molecule has 7 heteroatoms. The Bertz CT molecular complexity index is 317. The average Bonchev–Trinajstić information content (AvgIpc) is 2.56. The van der Waals surface area contributed by atoms with Gasteiger partial charge in [0, 0.05) is 19.9 Å². The fourth-order valence-corrected chi connectivity index (χ4v) is 1.63. The number of aliphatic hydroxyl groups excluding tert-OH is 1. The average molecular weight is 230 g/mol. The number of nitrogens with zero attached hydrogens (tertiary/aromatic N) is 1. The molecular weight excluding hydrogens is 216 g/mol. The summed E-state index contributed by atoms with van der Waals surface area (Å²) in [5.74, 6) is -2.01. The maximum Gasteiger partial charge on any atom is 0.326 e. The van der Waals surface area contributed by atoms with Crippen molar-refractivity contribution in [2.45, 2.75) is 25.5 Å². The van der Waals surface area contributed by atoms with E-state index in [0.717, 1.165) is 4.90 Å². The third-order valence-electron chi connectivity index (χ3n) is 2.37. The Kier molecular flexibility index (Phi) is 3.83. The lowest BCUT2D eigenvalue weighted by Crippen LogP contribution is -2.45.